The van der Waals surface area contributed by atoms with Crippen molar-refractivity contribution in [3.63, 3.8) is 0 Å². The van der Waals surface area contributed by atoms with Gasteiger partial charge in [0.1, 0.15) is 0 Å². The van der Waals surface area contributed by atoms with Crippen LogP contribution in [0.2, 0.25) is 0 Å². The molecule has 1 aromatic carbocycles. The van der Waals surface area contributed by atoms with Crippen molar-refractivity contribution in [1.29, 1.82) is 0 Å². The third-order valence-corrected chi connectivity index (χ3v) is 4.20. The molecule has 0 aromatic heterocycles. The molecular weight excluding hydrogens is 290 g/mol. The van der Waals surface area contributed by atoms with Crippen LogP contribution in [0, 0.1) is 5.92 Å². The number of hydrogen-bond acceptors (Lipinski definition) is 3. The van der Waals surface area contributed by atoms with E-state index in [4.69, 9.17) is 9.73 Å². The molecule has 5 nitrogen and oxygen atoms in total. The van der Waals surface area contributed by atoms with Gasteiger partial charge in [-0.25, -0.2) is 9.79 Å². The molecule has 1 aromatic rings. The molecule has 1 aliphatic heterocycles. The summed E-state index contributed by atoms with van der Waals surface area (Å²) in [5.41, 5.74) is 1.65. The van der Waals surface area contributed by atoms with E-state index in [0.29, 0.717) is 12.1 Å². The zero-order chi connectivity index (χ0) is 16.7. The van der Waals surface area contributed by atoms with E-state index >= 15 is 0 Å². The van der Waals surface area contributed by atoms with Crippen LogP contribution in [0.1, 0.15) is 42.6 Å². The Morgan fingerprint density at radius 1 is 1.30 bits per heavy atom. The van der Waals surface area contributed by atoms with Gasteiger partial charge in [-0.3, -0.25) is 0 Å². The van der Waals surface area contributed by atoms with E-state index < -0.39 is 0 Å². The zero-order valence-corrected chi connectivity index (χ0v) is 14.3. The first kappa shape index (κ1) is 17.3. The molecule has 0 atom stereocenters. The molecule has 0 aliphatic carbocycles. The van der Waals surface area contributed by atoms with Crippen LogP contribution < -0.4 is 5.32 Å². The number of likely N-dealkylation sites (tertiary alicyclic amines) is 1. The maximum Gasteiger partial charge on any atom is 0.337 e. The lowest BCUT2D eigenvalue weighted by Gasteiger charge is -2.33. The maximum absolute atomic E-state index is 11.4. The summed E-state index contributed by atoms with van der Waals surface area (Å²) in [5.74, 6) is 1.48. The first-order valence-electron chi connectivity index (χ1n) is 8.34. The van der Waals surface area contributed by atoms with Gasteiger partial charge in [0.15, 0.2) is 5.96 Å². The van der Waals surface area contributed by atoms with Crippen LogP contribution in [-0.4, -0.2) is 43.6 Å². The van der Waals surface area contributed by atoms with Gasteiger partial charge in [-0.15, -0.1) is 0 Å². The van der Waals surface area contributed by atoms with Gasteiger partial charge in [-0.1, -0.05) is 19.1 Å². The van der Waals surface area contributed by atoms with Gasteiger partial charge in [-0.2, -0.15) is 0 Å². The predicted octanol–water partition coefficient (Wildman–Crippen LogP) is 2.67. The minimum atomic E-state index is -0.309. The number of aliphatic imine (C=N–C) groups is 1. The fraction of sp³-hybridized carbons (Fsp3) is 0.556. The first-order valence-corrected chi connectivity index (χ1v) is 8.34. The van der Waals surface area contributed by atoms with Crippen LogP contribution in [0.5, 0.6) is 0 Å². The molecule has 126 valence electrons. The fourth-order valence-electron chi connectivity index (χ4n) is 2.68. The van der Waals surface area contributed by atoms with Crippen LogP contribution in [0.15, 0.2) is 29.3 Å². The quantitative estimate of drug-likeness (QED) is 0.527. The number of ether oxygens (including phenoxy) is 1. The van der Waals surface area contributed by atoms with E-state index in [9.17, 15) is 4.79 Å². The van der Waals surface area contributed by atoms with Crippen molar-refractivity contribution in [2.24, 2.45) is 10.9 Å². The average Bonchev–Trinajstić information content (AvgIpc) is 2.59. The van der Waals surface area contributed by atoms with E-state index in [1.807, 2.05) is 12.1 Å². The number of piperidine rings is 1. The molecule has 5 heteroatoms. The Hall–Kier alpha value is -2.04. The van der Waals surface area contributed by atoms with Gasteiger partial charge in [0.05, 0.1) is 19.2 Å². The molecule has 0 amide bonds. The molecule has 23 heavy (non-hydrogen) atoms. The molecule has 1 N–H and O–H groups in total. The van der Waals surface area contributed by atoms with Gasteiger partial charge >= 0.3 is 5.97 Å². The van der Waals surface area contributed by atoms with Crippen molar-refractivity contribution in [1.82, 2.24) is 10.2 Å². The first-order chi connectivity index (χ1) is 11.1. The highest BCUT2D eigenvalue weighted by Crippen LogP contribution is 2.16. The molecule has 2 rings (SSSR count). The van der Waals surface area contributed by atoms with E-state index in [1.165, 1.54) is 20.0 Å². The number of guanidine groups is 1. The van der Waals surface area contributed by atoms with Crippen LogP contribution in [-0.2, 0) is 11.3 Å². The number of nitrogens with one attached hydrogen (secondary N) is 1. The van der Waals surface area contributed by atoms with Crippen molar-refractivity contribution in [3.05, 3.63) is 35.4 Å². The largest absolute Gasteiger partial charge is 0.465 e. The van der Waals surface area contributed by atoms with Crippen molar-refractivity contribution >= 4 is 11.9 Å². The van der Waals surface area contributed by atoms with Gasteiger partial charge in [0.25, 0.3) is 0 Å². The Bertz CT molecular complexity index is 532. The van der Waals surface area contributed by atoms with Crippen molar-refractivity contribution in [3.8, 4) is 0 Å². The number of esters is 1. The van der Waals surface area contributed by atoms with Crippen LogP contribution in [0.25, 0.3) is 0 Å². The summed E-state index contributed by atoms with van der Waals surface area (Å²) >= 11 is 0. The molecule has 0 bridgehead atoms. The smallest absolute Gasteiger partial charge is 0.337 e. The van der Waals surface area contributed by atoms with Gasteiger partial charge in [0, 0.05) is 19.6 Å². The number of benzene rings is 1. The standard InChI is InChI=1S/C18H27N3O2/c1-4-19-18(21-11-9-14(2)10-12-21)20-13-15-5-7-16(8-6-15)17(22)23-3/h5-8,14H,4,9-13H2,1-3H3,(H,19,20). The van der Waals surface area contributed by atoms with Crippen molar-refractivity contribution in [2.75, 3.05) is 26.7 Å². The second-order valence-corrected chi connectivity index (χ2v) is 6.03. The SMILES string of the molecule is CCNC(=NCc1ccc(C(=O)OC)cc1)N1CCC(C)CC1. The number of carbonyl (C=O) groups is 1. The highest BCUT2D eigenvalue weighted by atomic mass is 16.5. The van der Waals surface area contributed by atoms with Crippen LogP contribution >= 0.6 is 0 Å². The molecule has 0 spiro atoms. The van der Waals surface area contributed by atoms with E-state index in [2.05, 4.69) is 24.1 Å². The average molecular weight is 317 g/mol. The molecule has 1 fully saturated rings. The summed E-state index contributed by atoms with van der Waals surface area (Å²) in [6.07, 6.45) is 2.44. The summed E-state index contributed by atoms with van der Waals surface area (Å²) in [6, 6.07) is 7.42. The Balaban J connectivity index is 2.01. The predicted molar refractivity (Wildman–Crippen MR) is 92.6 cm³/mol. The van der Waals surface area contributed by atoms with E-state index in [-0.39, 0.29) is 5.97 Å². The van der Waals surface area contributed by atoms with Crippen LogP contribution in [0.4, 0.5) is 0 Å². The Labute approximate surface area is 138 Å². The third-order valence-electron chi connectivity index (χ3n) is 4.20. The minimum absolute atomic E-state index is 0.309. The molecule has 1 saturated heterocycles. The number of carbonyl (C=O) groups excluding carboxylic acids is 1. The summed E-state index contributed by atoms with van der Waals surface area (Å²) in [5, 5.41) is 3.38. The maximum atomic E-state index is 11.4. The Morgan fingerprint density at radius 3 is 2.52 bits per heavy atom. The Morgan fingerprint density at radius 2 is 1.96 bits per heavy atom. The fourth-order valence-corrected chi connectivity index (χ4v) is 2.68. The summed E-state index contributed by atoms with van der Waals surface area (Å²) < 4.78 is 4.71. The second kappa shape index (κ2) is 8.56. The van der Waals surface area contributed by atoms with Gasteiger partial charge in [-0.05, 0) is 43.4 Å². The zero-order valence-electron chi connectivity index (χ0n) is 14.3. The normalized spacial score (nSPS) is 16.3. The van der Waals surface area contributed by atoms with Crippen LogP contribution in [0.3, 0.4) is 0 Å². The summed E-state index contributed by atoms with van der Waals surface area (Å²) in [4.78, 5) is 18.5. The molecular formula is C18H27N3O2. The lowest BCUT2D eigenvalue weighted by Crippen LogP contribution is -2.45. The topological polar surface area (TPSA) is 53.9 Å². The number of rotatable bonds is 4. The lowest BCUT2D eigenvalue weighted by molar-refractivity contribution is 0.0600. The number of nitrogens with zero attached hydrogens (tertiary/aromatic N) is 2. The molecule has 1 heterocycles. The summed E-state index contributed by atoms with van der Waals surface area (Å²) in [7, 11) is 1.39. The van der Waals surface area contributed by atoms with Gasteiger partial charge in [0.2, 0.25) is 0 Å². The highest BCUT2D eigenvalue weighted by Gasteiger charge is 2.18. The number of methoxy groups -OCH3 is 1. The van der Waals surface area contributed by atoms with E-state index in [0.717, 1.165) is 37.1 Å². The Kier molecular flexibility index (Phi) is 6.44. The van der Waals surface area contributed by atoms with E-state index in [1.54, 1.807) is 12.1 Å². The highest BCUT2D eigenvalue weighted by molar-refractivity contribution is 5.89. The molecule has 0 saturated carbocycles. The second-order valence-electron chi connectivity index (χ2n) is 6.03. The summed E-state index contributed by atoms with van der Waals surface area (Å²) in [6.45, 7) is 8.00. The van der Waals surface area contributed by atoms with Crippen molar-refractivity contribution < 1.29 is 9.53 Å². The lowest BCUT2D eigenvalue weighted by atomic mass is 10.00. The molecule has 0 unspecified atom stereocenters. The number of hydrogen-bond donors (Lipinski definition) is 1. The molecule has 0 radical (unpaired) electrons. The molecule has 1 aliphatic rings. The van der Waals surface area contributed by atoms with Gasteiger partial charge < -0.3 is 15.0 Å². The third kappa shape index (κ3) is 4.98. The minimum Gasteiger partial charge on any atom is -0.465 e. The van der Waals surface area contributed by atoms with Crippen molar-refractivity contribution in [2.45, 2.75) is 33.2 Å². The monoisotopic (exact) mass is 317 g/mol.